The van der Waals surface area contributed by atoms with Crippen molar-refractivity contribution in [2.24, 2.45) is 0 Å². The number of hydrogen-bond donors (Lipinski definition) is 0. The van der Waals surface area contributed by atoms with E-state index in [1.807, 2.05) is 0 Å². The van der Waals surface area contributed by atoms with Crippen LogP contribution in [0, 0.1) is 0 Å². The average molecular weight is 349 g/mol. The number of alkyl halides is 1. The summed E-state index contributed by atoms with van der Waals surface area (Å²) in [6.07, 6.45) is 1.10. The van der Waals surface area contributed by atoms with Crippen molar-refractivity contribution in [3.63, 3.8) is 0 Å². The standard InChI is InChI=1S/C12H15Br2NO/c13-9-10-2-3-12(11(14)8-10)15-4-1-6-16-7-5-15/h2-3,8H,1,4-7,9H2. The maximum atomic E-state index is 5.47. The third-order valence-electron chi connectivity index (χ3n) is 2.73. The van der Waals surface area contributed by atoms with Crippen LogP contribution in [-0.2, 0) is 10.1 Å². The van der Waals surface area contributed by atoms with Crippen molar-refractivity contribution in [1.82, 2.24) is 0 Å². The quantitative estimate of drug-likeness (QED) is 0.757. The number of anilines is 1. The summed E-state index contributed by atoms with van der Waals surface area (Å²) >= 11 is 7.12. The van der Waals surface area contributed by atoms with Crippen molar-refractivity contribution in [2.75, 3.05) is 31.2 Å². The summed E-state index contributed by atoms with van der Waals surface area (Å²) in [5.41, 5.74) is 2.57. The predicted molar refractivity (Wildman–Crippen MR) is 74.4 cm³/mol. The molecule has 88 valence electrons. The molecule has 1 fully saturated rings. The second-order valence-corrected chi connectivity index (χ2v) is 5.29. The molecule has 0 bridgehead atoms. The van der Waals surface area contributed by atoms with Crippen molar-refractivity contribution in [1.29, 1.82) is 0 Å². The maximum Gasteiger partial charge on any atom is 0.0641 e. The SMILES string of the molecule is BrCc1ccc(N2CCCOCC2)c(Br)c1. The first-order valence-corrected chi connectivity index (χ1v) is 7.40. The number of hydrogen-bond acceptors (Lipinski definition) is 2. The monoisotopic (exact) mass is 347 g/mol. The van der Waals surface area contributed by atoms with Crippen LogP contribution >= 0.6 is 31.9 Å². The minimum atomic E-state index is 0.826. The number of benzene rings is 1. The van der Waals surface area contributed by atoms with Gasteiger partial charge in [0.05, 0.1) is 12.3 Å². The van der Waals surface area contributed by atoms with Crippen LogP contribution < -0.4 is 4.90 Å². The van der Waals surface area contributed by atoms with E-state index in [2.05, 4.69) is 55.0 Å². The Morgan fingerprint density at radius 1 is 1.25 bits per heavy atom. The van der Waals surface area contributed by atoms with Gasteiger partial charge in [0, 0.05) is 29.5 Å². The van der Waals surface area contributed by atoms with Crippen molar-refractivity contribution >= 4 is 37.5 Å². The minimum Gasteiger partial charge on any atom is -0.380 e. The van der Waals surface area contributed by atoms with E-state index in [1.165, 1.54) is 15.7 Å². The molecule has 1 aliphatic rings. The van der Waals surface area contributed by atoms with Gasteiger partial charge >= 0.3 is 0 Å². The van der Waals surface area contributed by atoms with Gasteiger partial charge in [-0.3, -0.25) is 0 Å². The molecule has 2 nitrogen and oxygen atoms in total. The molecule has 0 saturated carbocycles. The van der Waals surface area contributed by atoms with Crippen molar-refractivity contribution in [3.05, 3.63) is 28.2 Å². The normalized spacial score (nSPS) is 17.2. The van der Waals surface area contributed by atoms with Gasteiger partial charge in [-0.15, -0.1) is 0 Å². The van der Waals surface area contributed by atoms with Gasteiger partial charge in [0.2, 0.25) is 0 Å². The van der Waals surface area contributed by atoms with E-state index in [0.717, 1.165) is 38.1 Å². The summed E-state index contributed by atoms with van der Waals surface area (Å²) in [5.74, 6) is 0. The highest BCUT2D eigenvalue weighted by atomic mass is 79.9. The Bertz CT molecular complexity index is 349. The van der Waals surface area contributed by atoms with Gasteiger partial charge in [-0.1, -0.05) is 22.0 Å². The van der Waals surface area contributed by atoms with Gasteiger partial charge in [-0.2, -0.15) is 0 Å². The van der Waals surface area contributed by atoms with E-state index < -0.39 is 0 Å². The Hall–Kier alpha value is -0.0600. The molecule has 1 saturated heterocycles. The van der Waals surface area contributed by atoms with Crippen LogP contribution in [0.15, 0.2) is 22.7 Å². The molecular weight excluding hydrogens is 334 g/mol. The molecule has 1 aromatic rings. The lowest BCUT2D eigenvalue weighted by Crippen LogP contribution is -2.26. The van der Waals surface area contributed by atoms with Crippen LogP contribution in [0.3, 0.4) is 0 Å². The fourth-order valence-corrected chi connectivity index (χ4v) is 2.90. The third kappa shape index (κ3) is 2.99. The Morgan fingerprint density at radius 3 is 2.88 bits per heavy atom. The molecule has 1 aromatic carbocycles. The Labute approximate surface area is 113 Å². The zero-order valence-electron chi connectivity index (χ0n) is 9.09. The summed E-state index contributed by atoms with van der Waals surface area (Å²) in [6, 6.07) is 6.53. The van der Waals surface area contributed by atoms with E-state index >= 15 is 0 Å². The summed E-state index contributed by atoms with van der Waals surface area (Å²) in [4.78, 5) is 2.38. The van der Waals surface area contributed by atoms with Gasteiger partial charge < -0.3 is 9.64 Å². The van der Waals surface area contributed by atoms with E-state index in [-0.39, 0.29) is 0 Å². The lowest BCUT2D eigenvalue weighted by atomic mass is 10.2. The second-order valence-electron chi connectivity index (χ2n) is 3.87. The highest BCUT2D eigenvalue weighted by Crippen LogP contribution is 2.28. The molecule has 2 rings (SSSR count). The van der Waals surface area contributed by atoms with Gasteiger partial charge in [0.15, 0.2) is 0 Å². The van der Waals surface area contributed by atoms with Crippen molar-refractivity contribution < 1.29 is 4.74 Å². The Kier molecular flexibility index (Phi) is 4.67. The predicted octanol–water partition coefficient (Wildman–Crippen LogP) is 3.57. The second kappa shape index (κ2) is 6.03. The number of nitrogens with zero attached hydrogens (tertiary/aromatic N) is 1. The highest BCUT2D eigenvalue weighted by molar-refractivity contribution is 9.10. The summed E-state index contributed by atoms with van der Waals surface area (Å²) < 4.78 is 6.64. The third-order valence-corrected chi connectivity index (χ3v) is 4.01. The summed E-state index contributed by atoms with van der Waals surface area (Å²) in [5, 5.41) is 0.898. The molecule has 1 heterocycles. The fourth-order valence-electron chi connectivity index (χ4n) is 1.88. The van der Waals surface area contributed by atoms with Gasteiger partial charge in [-0.25, -0.2) is 0 Å². The highest BCUT2D eigenvalue weighted by Gasteiger charge is 2.12. The van der Waals surface area contributed by atoms with E-state index in [9.17, 15) is 0 Å². The van der Waals surface area contributed by atoms with Crippen LogP contribution in [0.5, 0.6) is 0 Å². The van der Waals surface area contributed by atoms with Crippen LogP contribution in [0.1, 0.15) is 12.0 Å². The molecule has 0 amide bonds. The molecule has 0 radical (unpaired) electrons. The maximum absolute atomic E-state index is 5.47. The van der Waals surface area contributed by atoms with Crippen LogP contribution in [-0.4, -0.2) is 26.3 Å². The van der Waals surface area contributed by atoms with Gasteiger partial charge in [0.1, 0.15) is 0 Å². The van der Waals surface area contributed by atoms with E-state index in [4.69, 9.17) is 4.74 Å². The molecular formula is C12H15Br2NO. The lowest BCUT2D eigenvalue weighted by Gasteiger charge is -2.23. The van der Waals surface area contributed by atoms with Gasteiger partial charge in [0.25, 0.3) is 0 Å². The molecule has 0 unspecified atom stereocenters. The van der Waals surface area contributed by atoms with Crippen LogP contribution in [0.2, 0.25) is 0 Å². The van der Waals surface area contributed by atoms with E-state index in [1.54, 1.807) is 0 Å². The van der Waals surface area contributed by atoms with Crippen molar-refractivity contribution in [3.8, 4) is 0 Å². The molecule has 1 aliphatic heterocycles. The lowest BCUT2D eigenvalue weighted by molar-refractivity contribution is 0.152. The minimum absolute atomic E-state index is 0.826. The average Bonchev–Trinajstić information content (AvgIpc) is 2.57. The molecule has 16 heavy (non-hydrogen) atoms. The molecule has 0 atom stereocenters. The first-order valence-electron chi connectivity index (χ1n) is 5.48. The molecule has 0 aromatic heterocycles. The molecule has 0 spiro atoms. The van der Waals surface area contributed by atoms with Crippen LogP contribution in [0.4, 0.5) is 5.69 Å². The zero-order valence-corrected chi connectivity index (χ0v) is 12.3. The first-order chi connectivity index (χ1) is 7.81. The van der Waals surface area contributed by atoms with Crippen molar-refractivity contribution in [2.45, 2.75) is 11.8 Å². The zero-order chi connectivity index (χ0) is 11.4. The summed E-state index contributed by atoms with van der Waals surface area (Å²) in [7, 11) is 0. The number of rotatable bonds is 2. The van der Waals surface area contributed by atoms with Gasteiger partial charge in [-0.05, 0) is 40.0 Å². The van der Waals surface area contributed by atoms with Crippen LogP contribution in [0.25, 0.3) is 0 Å². The molecule has 0 aliphatic carbocycles. The fraction of sp³-hybridized carbons (Fsp3) is 0.500. The summed E-state index contributed by atoms with van der Waals surface area (Å²) in [6.45, 7) is 3.76. The Balaban J connectivity index is 2.18. The topological polar surface area (TPSA) is 12.5 Å². The smallest absolute Gasteiger partial charge is 0.0641 e. The first kappa shape index (κ1) is 12.4. The molecule has 0 N–H and O–H groups in total. The number of halogens is 2. The Morgan fingerprint density at radius 2 is 2.12 bits per heavy atom. The molecule has 4 heteroatoms. The largest absolute Gasteiger partial charge is 0.380 e. The number of ether oxygens (including phenoxy) is 1. The van der Waals surface area contributed by atoms with E-state index in [0.29, 0.717) is 0 Å².